The van der Waals surface area contributed by atoms with Gasteiger partial charge in [-0.1, -0.05) is 35.3 Å². The Balaban J connectivity index is 3.01. The average molecular weight is 229 g/mol. The molecule has 0 saturated carbocycles. The molecule has 5 heteroatoms. The first-order valence-electron chi connectivity index (χ1n) is 3.36. The Hall–Kier alpha value is -0.410. The van der Waals surface area contributed by atoms with E-state index in [0.717, 1.165) is 12.1 Å². The lowest BCUT2D eigenvalue weighted by molar-refractivity contribution is 0.0196. The first-order chi connectivity index (χ1) is 5.94. The summed E-state index contributed by atoms with van der Waals surface area (Å²) >= 11 is 10.5. The number of hydrogen-bond acceptors (Lipinski definition) is 0. The lowest BCUT2D eigenvalue weighted by Gasteiger charge is -2.16. The van der Waals surface area contributed by atoms with E-state index in [-0.39, 0.29) is 5.56 Å². The predicted molar refractivity (Wildman–Crippen MR) is 46.1 cm³/mol. The van der Waals surface area contributed by atoms with Crippen LogP contribution in [-0.4, -0.2) is 6.43 Å². The van der Waals surface area contributed by atoms with Crippen LogP contribution in [0.25, 0.3) is 0 Å². The summed E-state index contributed by atoms with van der Waals surface area (Å²) in [5.74, 6) is 0. The third-order valence-corrected chi connectivity index (χ3v) is 2.14. The van der Waals surface area contributed by atoms with Crippen molar-refractivity contribution in [1.82, 2.24) is 0 Å². The van der Waals surface area contributed by atoms with E-state index in [4.69, 9.17) is 23.2 Å². The fourth-order valence-electron chi connectivity index (χ4n) is 0.798. The van der Waals surface area contributed by atoms with Crippen molar-refractivity contribution in [3.8, 4) is 0 Å². The number of rotatable bonds is 2. The summed E-state index contributed by atoms with van der Waals surface area (Å²) in [7, 11) is 0. The maximum absolute atomic E-state index is 13.0. The van der Waals surface area contributed by atoms with E-state index < -0.39 is 11.6 Å². The van der Waals surface area contributed by atoms with Crippen molar-refractivity contribution in [2.24, 2.45) is 0 Å². The van der Waals surface area contributed by atoms with Crippen molar-refractivity contribution in [1.29, 1.82) is 0 Å². The van der Waals surface area contributed by atoms with E-state index in [0.29, 0.717) is 5.02 Å². The summed E-state index contributed by atoms with van der Waals surface area (Å²) in [5.41, 5.74) is -0.298. The molecule has 0 nitrogen and oxygen atoms in total. The van der Waals surface area contributed by atoms with Crippen molar-refractivity contribution in [3.63, 3.8) is 0 Å². The van der Waals surface area contributed by atoms with Gasteiger partial charge in [0.15, 0.2) is 0 Å². The standard InChI is InChI=1S/C8H5Cl2F3/c9-6-3-1-5(2-4-6)8(10,13)7(11)12/h1-4,7H. The van der Waals surface area contributed by atoms with Gasteiger partial charge in [0.05, 0.1) is 0 Å². The van der Waals surface area contributed by atoms with Gasteiger partial charge in [0.25, 0.3) is 11.6 Å². The molecule has 0 bridgehead atoms. The molecule has 13 heavy (non-hydrogen) atoms. The van der Waals surface area contributed by atoms with Crippen molar-refractivity contribution in [3.05, 3.63) is 34.9 Å². The molecule has 0 aliphatic heterocycles. The van der Waals surface area contributed by atoms with Gasteiger partial charge in [-0.15, -0.1) is 0 Å². The van der Waals surface area contributed by atoms with Crippen molar-refractivity contribution < 1.29 is 13.2 Å². The van der Waals surface area contributed by atoms with Crippen LogP contribution in [0.15, 0.2) is 24.3 Å². The highest BCUT2D eigenvalue weighted by Gasteiger charge is 2.39. The molecule has 0 amide bonds. The SMILES string of the molecule is FC(F)C(F)(Cl)c1ccc(Cl)cc1. The maximum atomic E-state index is 13.0. The molecule has 0 saturated heterocycles. The molecule has 0 aliphatic carbocycles. The lowest BCUT2D eigenvalue weighted by Crippen LogP contribution is -2.21. The number of halogens is 5. The molecule has 0 aromatic heterocycles. The van der Waals surface area contributed by atoms with Crippen LogP contribution in [0.1, 0.15) is 5.56 Å². The highest BCUT2D eigenvalue weighted by Crippen LogP contribution is 2.37. The second kappa shape index (κ2) is 3.76. The Morgan fingerprint density at radius 1 is 1.15 bits per heavy atom. The Labute approximate surface area is 83.3 Å². The molecule has 1 unspecified atom stereocenters. The summed E-state index contributed by atoms with van der Waals surface area (Å²) < 4.78 is 37.2. The Morgan fingerprint density at radius 2 is 1.62 bits per heavy atom. The maximum Gasteiger partial charge on any atom is 0.290 e. The third kappa shape index (κ3) is 2.29. The van der Waals surface area contributed by atoms with Crippen LogP contribution < -0.4 is 0 Å². The number of benzene rings is 1. The zero-order valence-corrected chi connectivity index (χ0v) is 7.79. The lowest BCUT2D eigenvalue weighted by atomic mass is 10.1. The van der Waals surface area contributed by atoms with E-state index in [9.17, 15) is 13.2 Å². The molecule has 72 valence electrons. The van der Waals surface area contributed by atoms with E-state index in [1.807, 2.05) is 0 Å². The van der Waals surface area contributed by atoms with Crippen LogP contribution in [0, 0.1) is 0 Å². The van der Waals surface area contributed by atoms with Crippen LogP contribution in [0.4, 0.5) is 13.2 Å². The van der Waals surface area contributed by atoms with Crippen LogP contribution in [0.3, 0.4) is 0 Å². The van der Waals surface area contributed by atoms with Gasteiger partial charge in [-0.05, 0) is 12.1 Å². The van der Waals surface area contributed by atoms with Crippen LogP contribution in [0.2, 0.25) is 5.02 Å². The van der Waals surface area contributed by atoms with Crippen molar-refractivity contribution in [2.75, 3.05) is 0 Å². The molecule has 0 aliphatic rings. The molecule has 1 rings (SSSR count). The number of hydrogen-bond donors (Lipinski definition) is 0. The average Bonchev–Trinajstić information content (AvgIpc) is 2.04. The van der Waals surface area contributed by atoms with Gasteiger partial charge >= 0.3 is 0 Å². The van der Waals surface area contributed by atoms with Gasteiger partial charge in [-0.2, -0.15) is 0 Å². The summed E-state index contributed by atoms with van der Waals surface area (Å²) in [4.78, 5) is 0. The summed E-state index contributed by atoms with van der Waals surface area (Å²) in [6.07, 6.45) is -3.27. The van der Waals surface area contributed by atoms with Crippen LogP contribution in [-0.2, 0) is 5.13 Å². The Bertz CT molecular complexity index is 282. The minimum Gasteiger partial charge on any atom is -0.214 e. The largest absolute Gasteiger partial charge is 0.290 e. The summed E-state index contributed by atoms with van der Waals surface area (Å²) in [6, 6.07) is 4.86. The molecular formula is C8H5Cl2F3. The first-order valence-corrected chi connectivity index (χ1v) is 4.12. The van der Waals surface area contributed by atoms with Gasteiger partial charge in [-0.3, -0.25) is 0 Å². The zero-order valence-electron chi connectivity index (χ0n) is 6.28. The van der Waals surface area contributed by atoms with Crippen LogP contribution >= 0.6 is 23.2 Å². The van der Waals surface area contributed by atoms with Gasteiger partial charge < -0.3 is 0 Å². The van der Waals surface area contributed by atoms with Gasteiger partial charge in [0, 0.05) is 10.6 Å². The van der Waals surface area contributed by atoms with E-state index in [1.165, 1.54) is 12.1 Å². The fourth-order valence-corrected chi connectivity index (χ4v) is 1.05. The van der Waals surface area contributed by atoms with Crippen LogP contribution in [0.5, 0.6) is 0 Å². The monoisotopic (exact) mass is 228 g/mol. The van der Waals surface area contributed by atoms with Crippen molar-refractivity contribution in [2.45, 2.75) is 11.6 Å². The quantitative estimate of drug-likeness (QED) is 0.673. The Morgan fingerprint density at radius 3 is 2.00 bits per heavy atom. The second-order valence-corrected chi connectivity index (χ2v) is 3.42. The zero-order chi connectivity index (χ0) is 10.1. The van der Waals surface area contributed by atoms with Crippen molar-refractivity contribution >= 4 is 23.2 Å². The van der Waals surface area contributed by atoms with Gasteiger partial charge in [0.2, 0.25) is 0 Å². The normalized spacial score (nSPS) is 15.8. The topological polar surface area (TPSA) is 0 Å². The molecule has 0 spiro atoms. The van der Waals surface area contributed by atoms with Gasteiger partial charge in [-0.25, -0.2) is 13.2 Å². The molecule has 1 atom stereocenters. The minimum absolute atomic E-state index is 0.298. The second-order valence-electron chi connectivity index (χ2n) is 2.43. The smallest absolute Gasteiger partial charge is 0.214 e. The third-order valence-electron chi connectivity index (χ3n) is 1.50. The molecular weight excluding hydrogens is 224 g/mol. The minimum atomic E-state index is -3.27. The van der Waals surface area contributed by atoms with E-state index >= 15 is 0 Å². The predicted octanol–water partition coefficient (Wildman–Crippen LogP) is 3.97. The van der Waals surface area contributed by atoms with Gasteiger partial charge in [0.1, 0.15) is 0 Å². The highest BCUT2D eigenvalue weighted by molar-refractivity contribution is 6.30. The molecule has 0 heterocycles. The molecule has 0 N–H and O–H groups in total. The number of alkyl halides is 4. The Kier molecular flexibility index (Phi) is 3.09. The summed E-state index contributed by atoms with van der Waals surface area (Å²) in [6.45, 7) is 0. The first kappa shape index (κ1) is 10.7. The fraction of sp³-hybridized carbons (Fsp3) is 0.250. The molecule has 0 radical (unpaired) electrons. The molecule has 1 aromatic carbocycles. The molecule has 0 fully saturated rings. The van der Waals surface area contributed by atoms with E-state index in [1.54, 1.807) is 0 Å². The van der Waals surface area contributed by atoms with E-state index in [2.05, 4.69) is 0 Å². The highest BCUT2D eigenvalue weighted by atomic mass is 35.5. The molecule has 1 aromatic rings. The summed E-state index contributed by atoms with van der Waals surface area (Å²) in [5, 5.41) is -2.80.